The van der Waals surface area contributed by atoms with Crippen molar-refractivity contribution in [2.24, 2.45) is 0 Å². The summed E-state index contributed by atoms with van der Waals surface area (Å²) in [6.07, 6.45) is 0. The van der Waals surface area contributed by atoms with Gasteiger partial charge in [-0.05, 0) is 49.6 Å². The number of aryl methyl sites for hydroxylation is 3. The molecule has 1 aromatic heterocycles. The van der Waals surface area contributed by atoms with Gasteiger partial charge in [-0.25, -0.2) is 4.39 Å². The van der Waals surface area contributed by atoms with Crippen molar-refractivity contribution in [3.63, 3.8) is 0 Å². The van der Waals surface area contributed by atoms with E-state index < -0.39 is 0 Å². The molecule has 168 valence electrons. The van der Waals surface area contributed by atoms with Gasteiger partial charge in [-0.2, -0.15) is 0 Å². The Hall–Kier alpha value is -3.45. The van der Waals surface area contributed by atoms with Crippen LogP contribution >= 0.6 is 11.8 Å². The van der Waals surface area contributed by atoms with E-state index in [1.807, 2.05) is 67.8 Å². The molecule has 0 radical (unpaired) electrons. The Labute approximate surface area is 197 Å². The predicted octanol–water partition coefficient (Wildman–Crippen LogP) is 5.79. The molecule has 0 atom stereocenters. The third-order valence-electron chi connectivity index (χ3n) is 5.29. The summed E-state index contributed by atoms with van der Waals surface area (Å²) in [7, 11) is 0. The number of benzene rings is 3. The number of hydrogen-bond acceptors (Lipinski definition) is 4. The van der Waals surface area contributed by atoms with Crippen molar-refractivity contribution in [2.45, 2.75) is 32.5 Å². The van der Waals surface area contributed by atoms with Crippen LogP contribution in [0.1, 0.15) is 22.3 Å². The van der Waals surface area contributed by atoms with Crippen LogP contribution < -0.4 is 5.32 Å². The Balaban J connectivity index is 1.57. The molecule has 7 heteroatoms. The van der Waals surface area contributed by atoms with Crippen LogP contribution in [0.25, 0.3) is 11.4 Å². The maximum atomic E-state index is 14.5. The Kier molecular flexibility index (Phi) is 6.89. The van der Waals surface area contributed by atoms with Crippen LogP contribution in [-0.4, -0.2) is 26.4 Å². The molecule has 0 saturated heterocycles. The zero-order chi connectivity index (χ0) is 23.4. The number of hydrogen-bond donors (Lipinski definition) is 1. The van der Waals surface area contributed by atoms with Crippen LogP contribution in [0.3, 0.4) is 0 Å². The van der Waals surface area contributed by atoms with Gasteiger partial charge in [0, 0.05) is 5.69 Å². The molecule has 0 bridgehead atoms. The van der Waals surface area contributed by atoms with Crippen LogP contribution in [-0.2, 0) is 11.3 Å². The smallest absolute Gasteiger partial charge is 0.234 e. The summed E-state index contributed by atoms with van der Waals surface area (Å²) in [5.41, 5.74) is 5.46. The van der Waals surface area contributed by atoms with Crippen LogP contribution in [0.2, 0.25) is 0 Å². The molecule has 0 spiro atoms. The summed E-state index contributed by atoms with van der Waals surface area (Å²) in [6.45, 7) is 6.48. The quantitative estimate of drug-likeness (QED) is 0.355. The third kappa shape index (κ3) is 5.31. The average molecular weight is 461 g/mol. The second-order valence-electron chi connectivity index (χ2n) is 7.97. The maximum Gasteiger partial charge on any atom is 0.234 e. The van der Waals surface area contributed by atoms with Crippen LogP contribution in [0, 0.1) is 26.6 Å². The molecule has 4 rings (SSSR count). The van der Waals surface area contributed by atoms with Crippen molar-refractivity contribution in [1.29, 1.82) is 0 Å². The lowest BCUT2D eigenvalue weighted by molar-refractivity contribution is -0.113. The first-order valence-electron chi connectivity index (χ1n) is 10.6. The Bertz CT molecular complexity index is 1260. The lowest BCUT2D eigenvalue weighted by Crippen LogP contribution is -2.16. The third-order valence-corrected chi connectivity index (χ3v) is 6.26. The summed E-state index contributed by atoms with van der Waals surface area (Å²) in [6, 6.07) is 20.4. The molecular formula is C26H25FN4OS. The minimum absolute atomic E-state index is 0.128. The summed E-state index contributed by atoms with van der Waals surface area (Å²) in [5.74, 6) is 0.109. The van der Waals surface area contributed by atoms with Crippen molar-refractivity contribution < 1.29 is 9.18 Å². The van der Waals surface area contributed by atoms with Gasteiger partial charge in [-0.1, -0.05) is 71.9 Å². The van der Waals surface area contributed by atoms with Crippen molar-refractivity contribution in [1.82, 2.24) is 14.8 Å². The van der Waals surface area contributed by atoms with Gasteiger partial charge in [-0.15, -0.1) is 10.2 Å². The molecule has 1 heterocycles. The number of nitrogens with zero attached hydrogens (tertiary/aromatic N) is 3. The van der Waals surface area contributed by atoms with Gasteiger partial charge in [-0.3, -0.25) is 9.36 Å². The van der Waals surface area contributed by atoms with Crippen molar-refractivity contribution in [2.75, 3.05) is 11.1 Å². The molecule has 0 aliphatic heterocycles. The van der Waals surface area contributed by atoms with Gasteiger partial charge in [0.15, 0.2) is 11.0 Å². The number of thioether (sulfide) groups is 1. The van der Waals surface area contributed by atoms with Crippen LogP contribution in [0.4, 0.5) is 10.1 Å². The Morgan fingerprint density at radius 3 is 2.33 bits per heavy atom. The summed E-state index contributed by atoms with van der Waals surface area (Å²) in [4.78, 5) is 12.7. The molecular weight excluding hydrogens is 435 g/mol. The largest absolute Gasteiger partial charge is 0.325 e. The topological polar surface area (TPSA) is 59.8 Å². The number of amides is 1. The molecule has 3 aromatic carbocycles. The standard InChI is InChI=1S/C26H25FN4OS/c1-17-13-18(2)24(19(3)14-17)28-23(32)16-33-26-30-29-25(21-11-7-8-12-22(21)27)31(26)15-20-9-5-4-6-10-20/h4-14H,15-16H2,1-3H3,(H,28,32). The van der Waals surface area contributed by atoms with E-state index in [0.717, 1.165) is 27.9 Å². The monoisotopic (exact) mass is 460 g/mol. The second kappa shape index (κ2) is 10.0. The highest BCUT2D eigenvalue weighted by molar-refractivity contribution is 7.99. The summed E-state index contributed by atoms with van der Waals surface area (Å²) >= 11 is 1.28. The normalized spacial score (nSPS) is 10.9. The number of anilines is 1. The lowest BCUT2D eigenvalue weighted by atomic mass is 10.1. The minimum atomic E-state index is -0.362. The second-order valence-corrected chi connectivity index (χ2v) is 8.91. The number of halogens is 1. The van der Waals surface area contributed by atoms with Gasteiger partial charge in [0.2, 0.25) is 5.91 Å². The van der Waals surface area contributed by atoms with E-state index in [1.165, 1.54) is 17.8 Å². The van der Waals surface area contributed by atoms with E-state index in [-0.39, 0.29) is 17.5 Å². The zero-order valence-electron chi connectivity index (χ0n) is 18.8. The Morgan fingerprint density at radius 2 is 1.64 bits per heavy atom. The number of nitrogens with one attached hydrogen (secondary N) is 1. The lowest BCUT2D eigenvalue weighted by Gasteiger charge is -2.13. The fraction of sp³-hybridized carbons (Fsp3) is 0.192. The molecule has 0 unspecified atom stereocenters. The van der Waals surface area contributed by atoms with E-state index in [2.05, 4.69) is 15.5 Å². The van der Waals surface area contributed by atoms with Crippen LogP contribution in [0.15, 0.2) is 71.9 Å². The number of carbonyl (C=O) groups is 1. The molecule has 1 N–H and O–H groups in total. The van der Waals surface area contributed by atoms with E-state index in [1.54, 1.807) is 18.2 Å². The van der Waals surface area contributed by atoms with Gasteiger partial charge >= 0.3 is 0 Å². The fourth-order valence-corrected chi connectivity index (χ4v) is 4.57. The Morgan fingerprint density at radius 1 is 0.970 bits per heavy atom. The highest BCUT2D eigenvalue weighted by Crippen LogP contribution is 2.28. The molecule has 0 aliphatic carbocycles. The van der Waals surface area contributed by atoms with E-state index in [4.69, 9.17) is 0 Å². The first-order valence-corrected chi connectivity index (χ1v) is 11.6. The van der Waals surface area contributed by atoms with Gasteiger partial charge < -0.3 is 5.32 Å². The molecule has 5 nitrogen and oxygen atoms in total. The highest BCUT2D eigenvalue weighted by Gasteiger charge is 2.19. The van der Waals surface area contributed by atoms with Gasteiger partial charge in [0.1, 0.15) is 5.82 Å². The van der Waals surface area contributed by atoms with E-state index in [9.17, 15) is 9.18 Å². The SMILES string of the molecule is Cc1cc(C)c(NC(=O)CSc2nnc(-c3ccccc3F)n2Cc2ccccc2)c(C)c1. The average Bonchev–Trinajstić information content (AvgIpc) is 3.18. The summed E-state index contributed by atoms with van der Waals surface area (Å²) < 4.78 is 16.4. The molecule has 33 heavy (non-hydrogen) atoms. The highest BCUT2D eigenvalue weighted by atomic mass is 32.2. The van der Waals surface area contributed by atoms with E-state index in [0.29, 0.717) is 23.1 Å². The van der Waals surface area contributed by atoms with Crippen molar-refractivity contribution in [3.8, 4) is 11.4 Å². The first kappa shape index (κ1) is 22.7. The fourth-order valence-electron chi connectivity index (χ4n) is 3.83. The first-order chi connectivity index (χ1) is 15.9. The predicted molar refractivity (Wildman–Crippen MR) is 131 cm³/mol. The molecule has 0 aliphatic rings. The molecule has 0 saturated carbocycles. The molecule has 0 fully saturated rings. The van der Waals surface area contributed by atoms with Crippen LogP contribution in [0.5, 0.6) is 0 Å². The summed E-state index contributed by atoms with van der Waals surface area (Å²) in [5, 5.41) is 12.1. The zero-order valence-corrected chi connectivity index (χ0v) is 19.6. The molecule has 4 aromatic rings. The minimum Gasteiger partial charge on any atom is -0.325 e. The van der Waals surface area contributed by atoms with Crippen molar-refractivity contribution in [3.05, 3.63) is 94.8 Å². The number of carbonyl (C=O) groups excluding carboxylic acids is 1. The molecule has 1 amide bonds. The van der Waals surface area contributed by atoms with E-state index >= 15 is 0 Å². The maximum absolute atomic E-state index is 14.5. The number of aromatic nitrogens is 3. The van der Waals surface area contributed by atoms with Gasteiger partial charge in [0.05, 0.1) is 17.9 Å². The van der Waals surface area contributed by atoms with Gasteiger partial charge in [0.25, 0.3) is 0 Å². The number of rotatable bonds is 7. The van der Waals surface area contributed by atoms with Crippen molar-refractivity contribution >= 4 is 23.4 Å².